The van der Waals surface area contributed by atoms with Crippen molar-refractivity contribution in [3.63, 3.8) is 0 Å². The molecular weight excluding hydrogens is 494 g/mol. The van der Waals surface area contributed by atoms with E-state index in [0.29, 0.717) is 24.3 Å². The number of aryl methyl sites for hydroxylation is 1. The first-order valence-corrected chi connectivity index (χ1v) is 14.7. The van der Waals surface area contributed by atoms with E-state index in [1.807, 2.05) is 12.1 Å². The van der Waals surface area contributed by atoms with Crippen LogP contribution in [0.25, 0.3) is 0 Å². The summed E-state index contributed by atoms with van der Waals surface area (Å²) in [6.07, 6.45) is 5.86. The van der Waals surface area contributed by atoms with Gasteiger partial charge in [0.2, 0.25) is 0 Å². The van der Waals surface area contributed by atoms with Crippen LogP contribution < -0.4 is 4.74 Å². The molecule has 5 heteroatoms. The van der Waals surface area contributed by atoms with Crippen molar-refractivity contribution in [3.05, 3.63) is 64.2 Å². The molecule has 3 aliphatic rings. The lowest BCUT2D eigenvalue weighted by Gasteiger charge is -2.41. The molecule has 1 heterocycles. The fraction of sp³-hybridized carbons (Fsp3) is 0.606. The molecule has 0 bridgehead atoms. The summed E-state index contributed by atoms with van der Waals surface area (Å²) in [7, 11) is 2.24. The predicted octanol–water partition coefficient (Wildman–Crippen LogP) is 7.46. The second-order valence-corrected chi connectivity index (χ2v) is 13.6. The van der Waals surface area contributed by atoms with E-state index in [1.54, 1.807) is 0 Å². The highest BCUT2D eigenvalue weighted by Gasteiger charge is 2.83. The third-order valence-corrected chi connectivity index (χ3v) is 9.92. The minimum atomic E-state index is -0.244. The number of aldehydes is 1. The monoisotopic (exact) mass is 537 g/mol. The van der Waals surface area contributed by atoms with Gasteiger partial charge >= 0.3 is 0 Å². The summed E-state index contributed by atoms with van der Waals surface area (Å²) < 4.78 is 12.8. The second kappa shape index (κ2) is 10.3. The number of nitrogens with zero attached hydrogens (tertiary/aromatic N) is 1. The Bertz CT molecular complexity index is 1180. The molecule has 6 atom stereocenters. The molecule has 38 heavy (non-hydrogen) atoms. The maximum Gasteiger partial charge on any atom is 0.122 e. The van der Waals surface area contributed by atoms with Crippen molar-refractivity contribution >= 4 is 17.9 Å². The highest BCUT2D eigenvalue weighted by Crippen LogP contribution is 2.86. The van der Waals surface area contributed by atoms with Gasteiger partial charge in [-0.15, -0.1) is 0 Å². The molecule has 0 spiro atoms. The average Bonchev–Trinajstić information content (AvgIpc) is 3.30. The molecule has 0 aromatic heterocycles. The van der Waals surface area contributed by atoms with Crippen LogP contribution in [0.1, 0.15) is 82.9 Å². The summed E-state index contributed by atoms with van der Waals surface area (Å²) in [4.78, 5) is 14.2. The van der Waals surface area contributed by atoms with Crippen LogP contribution in [0.3, 0.4) is 0 Å². The smallest absolute Gasteiger partial charge is 0.122 e. The lowest BCUT2D eigenvalue weighted by molar-refractivity contribution is -0.111. The maximum absolute atomic E-state index is 11.7. The highest BCUT2D eigenvalue weighted by molar-refractivity contribution is 6.30. The number of ether oxygens (including phenoxy) is 2. The Morgan fingerprint density at radius 2 is 2.03 bits per heavy atom. The van der Waals surface area contributed by atoms with E-state index >= 15 is 0 Å². The van der Waals surface area contributed by atoms with Crippen molar-refractivity contribution < 1.29 is 14.3 Å². The van der Waals surface area contributed by atoms with Gasteiger partial charge < -0.3 is 14.3 Å². The second-order valence-electron chi connectivity index (χ2n) is 13.1. The summed E-state index contributed by atoms with van der Waals surface area (Å²) >= 11 is 6.32. The van der Waals surface area contributed by atoms with Crippen molar-refractivity contribution in [2.45, 2.75) is 96.9 Å². The Hall–Kier alpha value is -1.88. The average molecular weight is 538 g/mol. The van der Waals surface area contributed by atoms with Gasteiger partial charge in [-0.1, -0.05) is 42.8 Å². The number of halogens is 1. The summed E-state index contributed by atoms with van der Waals surface area (Å²) in [5.74, 6) is 1.78. The third kappa shape index (κ3) is 4.71. The van der Waals surface area contributed by atoms with E-state index in [9.17, 15) is 4.79 Å². The number of benzene rings is 2. The first-order chi connectivity index (χ1) is 18.0. The lowest BCUT2D eigenvalue weighted by Crippen LogP contribution is -2.44. The normalized spacial score (nSPS) is 30.9. The van der Waals surface area contributed by atoms with Gasteiger partial charge in [-0.2, -0.15) is 0 Å². The molecule has 0 amide bonds. The SMILES string of the molecule is CC(OC(C)(C)C)C12C(CCC=O)C(N(C)Cc3cccc(Cl)c3)CC1(C)C2c1ccc2c(c1)CCCO2. The molecule has 4 nitrogen and oxygen atoms in total. The zero-order valence-electron chi connectivity index (χ0n) is 23.9. The van der Waals surface area contributed by atoms with Crippen LogP contribution in [-0.2, 0) is 22.5 Å². The van der Waals surface area contributed by atoms with Gasteiger partial charge in [0.25, 0.3) is 0 Å². The number of carbonyl (C=O) groups excluding carboxylic acids is 1. The summed E-state index contributed by atoms with van der Waals surface area (Å²) in [6, 6.07) is 15.4. The van der Waals surface area contributed by atoms with E-state index in [1.165, 1.54) is 16.7 Å². The quantitative estimate of drug-likeness (QED) is 0.311. The number of hydrogen-bond donors (Lipinski definition) is 0. The molecule has 0 N–H and O–H groups in total. The molecule has 2 aromatic carbocycles. The van der Waals surface area contributed by atoms with Gasteiger partial charge in [-0.25, -0.2) is 0 Å². The van der Waals surface area contributed by atoms with Crippen LogP contribution in [0.5, 0.6) is 5.75 Å². The summed E-state index contributed by atoms with van der Waals surface area (Å²) in [5, 5.41) is 0.773. The van der Waals surface area contributed by atoms with Crippen LogP contribution in [-0.4, -0.2) is 42.6 Å². The van der Waals surface area contributed by atoms with E-state index in [2.05, 4.69) is 76.9 Å². The fourth-order valence-electron chi connectivity index (χ4n) is 8.58. The molecule has 2 aromatic rings. The van der Waals surface area contributed by atoms with E-state index < -0.39 is 0 Å². The third-order valence-electron chi connectivity index (χ3n) is 9.68. The van der Waals surface area contributed by atoms with Gasteiger partial charge in [0.05, 0.1) is 18.3 Å². The van der Waals surface area contributed by atoms with E-state index in [-0.39, 0.29) is 22.5 Å². The van der Waals surface area contributed by atoms with Crippen molar-refractivity contribution in [3.8, 4) is 5.75 Å². The minimum Gasteiger partial charge on any atom is -0.493 e. The number of fused-ring (bicyclic) bond motifs is 2. The Morgan fingerprint density at radius 3 is 2.74 bits per heavy atom. The first kappa shape index (κ1) is 27.7. The maximum atomic E-state index is 11.7. The van der Waals surface area contributed by atoms with Crippen molar-refractivity contribution in [2.24, 2.45) is 16.7 Å². The van der Waals surface area contributed by atoms with E-state index in [4.69, 9.17) is 21.1 Å². The van der Waals surface area contributed by atoms with Crippen LogP contribution >= 0.6 is 11.6 Å². The van der Waals surface area contributed by atoms with Gasteiger partial charge in [0.15, 0.2) is 0 Å². The van der Waals surface area contributed by atoms with Crippen LogP contribution in [0.2, 0.25) is 5.02 Å². The van der Waals surface area contributed by atoms with Crippen LogP contribution in [0.15, 0.2) is 42.5 Å². The van der Waals surface area contributed by atoms with E-state index in [0.717, 1.165) is 55.9 Å². The van der Waals surface area contributed by atoms with Crippen LogP contribution in [0, 0.1) is 16.7 Å². The molecule has 5 rings (SSSR count). The molecule has 2 aliphatic carbocycles. The zero-order valence-corrected chi connectivity index (χ0v) is 24.7. The Labute approximate surface area is 234 Å². The Balaban J connectivity index is 1.53. The van der Waals surface area contributed by atoms with Gasteiger partial charge in [-0.3, -0.25) is 4.90 Å². The molecule has 0 saturated heterocycles. The number of hydrogen-bond acceptors (Lipinski definition) is 4. The molecule has 6 unspecified atom stereocenters. The van der Waals surface area contributed by atoms with Gasteiger partial charge in [0, 0.05) is 29.4 Å². The standard InChI is InChI=1S/C33H44ClNO3/c1-22(38-31(2,3)4)33-27(13-8-16-36)28(35(6)21-23-10-7-12-26(34)18-23)20-32(33,5)30(33)25-14-15-29-24(19-25)11-9-17-37-29/h7,10,12,14-16,18-19,22,27-28,30H,8-9,11,13,17,20-21H2,1-6H3. The van der Waals surface area contributed by atoms with Crippen LogP contribution in [0.4, 0.5) is 0 Å². The largest absolute Gasteiger partial charge is 0.493 e. The summed E-state index contributed by atoms with van der Waals surface area (Å²) in [6.45, 7) is 12.9. The number of carbonyl (C=O) groups is 1. The fourth-order valence-corrected chi connectivity index (χ4v) is 8.79. The van der Waals surface area contributed by atoms with Gasteiger partial charge in [0.1, 0.15) is 12.0 Å². The molecular formula is C33H44ClNO3. The highest BCUT2D eigenvalue weighted by atomic mass is 35.5. The predicted molar refractivity (Wildman–Crippen MR) is 154 cm³/mol. The summed E-state index contributed by atoms with van der Waals surface area (Å²) in [5.41, 5.74) is 3.77. The minimum absolute atomic E-state index is 0.0414. The molecule has 1 aliphatic heterocycles. The Kier molecular flexibility index (Phi) is 7.47. The molecule has 2 saturated carbocycles. The molecule has 2 fully saturated rings. The van der Waals surface area contributed by atoms with Crippen molar-refractivity contribution in [1.29, 1.82) is 0 Å². The van der Waals surface area contributed by atoms with Gasteiger partial charge in [-0.05, 0) is 113 Å². The van der Waals surface area contributed by atoms with Crippen molar-refractivity contribution in [1.82, 2.24) is 4.90 Å². The number of rotatable bonds is 9. The first-order valence-electron chi connectivity index (χ1n) is 14.3. The Morgan fingerprint density at radius 1 is 1.24 bits per heavy atom. The molecule has 206 valence electrons. The zero-order chi connectivity index (χ0) is 27.3. The molecule has 0 radical (unpaired) electrons. The topological polar surface area (TPSA) is 38.8 Å². The lowest BCUT2D eigenvalue weighted by atomic mass is 9.76. The van der Waals surface area contributed by atoms with Crippen molar-refractivity contribution in [2.75, 3.05) is 13.7 Å².